The summed E-state index contributed by atoms with van der Waals surface area (Å²) in [7, 11) is -3.16. The van der Waals surface area contributed by atoms with Gasteiger partial charge in [0.05, 0.1) is 35.4 Å². The molecule has 0 bridgehead atoms. The molecule has 2 amide bonds. The molecule has 1 saturated carbocycles. The van der Waals surface area contributed by atoms with Crippen LogP contribution in [0, 0.1) is 11.8 Å². The number of carbonyl (C=O) groups excluding carboxylic acids is 2. The lowest BCUT2D eigenvalue weighted by atomic mass is 9.99. The molecule has 4 N–H and O–H groups in total. The molecule has 0 aromatic heterocycles. The van der Waals surface area contributed by atoms with Gasteiger partial charge in [-0.25, -0.2) is 8.42 Å². The van der Waals surface area contributed by atoms with Crippen LogP contribution < -0.4 is 25.4 Å². The Morgan fingerprint density at radius 2 is 1.36 bits per heavy atom. The van der Waals surface area contributed by atoms with Crippen molar-refractivity contribution in [2.45, 2.75) is 116 Å². The van der Waals surface area contributed by atoms with Gasteiger partial charge in [0.15, 0.2) is 21.3 Å². The lowest BCUT2D eigenvalue weighted by molar-refractivity contribution is -0.126. The van der Waals surface area contributed by atoms with Crippen LogP contribution in [0.25, 0.3) is 0 Å². The maximum Gasteiger partial charge on any atom is 0.239 e. The standard InChI is InChI=1S/C22H29N3O3.C11H12O4S.C5H12.C4H10/c1-2-20(26)19(13-17-9-5-3-6-10-17)25-22(28)16-24-21(27)15-23-14-18-11-7-4-8-12-18;12-16(13,8-2-1-3-8)9-4-5-10-11(6-9)15-7-14-10;1-4-5(2)3;1-4(2)3/h3-12,19-20,23,26H,2,13-16H2,1H3,(H,24,27)(H,25,28);4-6,8H,1-3,7H2;5H,4H2,1-3H3;4H,1-3H3/t19-,20+;;;/m0.../s1. The van der Waals surface area contributed by atoms with E-state index in [1.807, 2.05) is 67.6 Å². The second kappa shape index (κ2) is 24.4. The molecule has 0 saturated heterocycles. The molecular formula is C42H63N3O7S. The minimum absolute atomic E-state index is 0.117. The number of aliphatic hydroxyl groups is 1. The molecule has 294 valence electrons. The fourth-order valence-electron chi connectivity index (χ4n) is 4.78. The van der Waals surface area contributed by atoms with E-state index in [0.717, 1.165) is 42.2 Å². The monoisotopic (exact) mass is 753 g/mol. The topological polar surface area (TPSA) is 143 Å². The van der Waals surface area contributed by atoms with E-state index < -0.39 is 22.0 Å². The Labute approximate surface area is 318 Å². The lowest BCUT2D eigenvalue weighted by Crippen LogP contribution is -2.48. The molecule has 2 atom stereocenters. The smallest absolute Gasteiger partial charge is 0.239 e. The third-order valence-corrected chi connectivity index (χ3v) is 10.7. The molecule has 0 radical (unpaired) electrons. The van der Waals surface area contributed by atoms with E-state index in [0.29, 0.717) is 35.8 Å². The molecule has 1 aliphatic carbocycles. The number of aliphatic hydroxyl groups excluding tert-OH is 1. The van der Waals surface area contributed by atoms with Crippen LogP contribution in [0.3, 0.4) is 0 Å². The van der Waals surface area contributed by atoms with Crippen LogP contribution in [-0.2, 0) is 32.4 Å². The summed E-state index contributed by atoms with van der Waals surface area (Å²) in [5.74, 6) is 2.30. The number of hydrogen-bond acceptors (Lipinski definition) is 8. The van der Waals surface area contributed by atoms with Crippen LogP contribution in [0.5, 0.6) is 11.5 Å². The summed E-state index contributed by atoms with van der Waals surface area (Å²) in [5.41, 5.74) is 2.12. The van der Waals surface area contributed by atoms with Gasteiger partial charge in [0, 0.05) is 12.6 Å². The summed E-state index contributed by atoms with van der Waals surface area (Å²) in [4.78, 5) is 24.5. The Morgan fingerprint density at radius 3 is 1.89 bits per heavy atom. The zero-order valence-corrected chi connectivity index (χ0v) is 33.6. The highest BCUT2D eigenvalue weighted by Gasteiger charge is 2.33. The third-order valence-electron chi connectivity index (χ3n) is 8.41. The van der Waals surface area contributed by atoms with Gasteiger partial charge in [0.2, 0.25) is 18.6 Å². The Balaban J connectivity index is 0.000000322. The van der Waals surface area contributed by atoms with Crippen molar-refractivity contribution in [2.75, 3.05) is 19.9 Å². The number of rotatable bonds is 14. The average molecular weight is 754 g/mol. The Kier molecular flexibility index (Phi) is 20.8. The van der Waals surface area contributed by atoms with E-state index in [4.69, 9.17) is 9.47 Å². The summed E-state index contributed by atoms with van der Waals surface area (Å²) in [6.07, 6.45) is 4.29. The van der Waals surface area contributed by atoms with E-state index in [9.17, 15) is 23.1 Å². The van der Waals surface area contributed by atoms with Gasteiger partial charge in [-0.15, -0.1) is 0 Å². The Bertz CT molecular complexity index is 1580. The molecule has 1 heterocycles. The Hall–Kier alpha value is -3.93. The normalized spacial score (nSPS) is 14.2. The lowest BCUT2D eigenvalue weighted by Gasteiger charge is -2.25. The van der Waals surface area contributed by atoms with Crippen molar-refractivity contribution in [2.24, 2.45) is 11.8 Å². The van der Waals surface area contributed by atoms with Crippen LogP contribution in [0.1, 0.15) is 91.7 Å². The van der Waals surface area contributed by atoms with Gasteiger partial charge in [-0.1, -0.05) is 122 Å². The highest BCUT2D eigenvalue weighted by molar-refractivity contribution is 7.92. The number of fused-ring (bicyclic) bond motifs is 1. The van der Waals surface area contributed by atoms with Gasteiger partial charge in [-0.3, -0.25) is 9.59 Å². The fraction of sp³-hybridized carbons (Fsp3) is 0.524. The highest BCUT2D eigenvalue weighted by Crippen LogP contribution is 2.37. The first-order valence-corrected chi connectivity index (χ1v) is 20.5. The largest absolute Gasteiger partial charge is 0.454 e. The zero-order valence-electron chi connectivity index (χ0n) is 32.8. The van der Waals surface area contributed by atoms with Crippen molar-refractivity contribution in [3.05, 3.63) is 90.0 Å². The first kappa shape index (κ1) is 45.2. The molecule has 5 rings (SSSR count). The van der Waals surface area contributed by atoms with Crippen molar-refractivity contribution in [1.29, 1.82) is 0 Å². The first-order valence-electron chi connectivity index (χ1n) is 18.9. The van der Waals surface area contributed by atoms with Gasteiger partial charge < -0.3 is 30.5 Å². The van der Waals surface area contributed by atoms with Crippen LogP contribution in [-0.4, -0.2) is 62.6 Å². The second-order valence-electron chi connectivity index (χ2n) is 14.4. The van der Waals surface area contributed by atoms with E-state index in [2.05, 4.69) is 57.5 Å². The number of benzene rings is 3. The van der Waals surface area contributed by atoms with Crippen molar-refractivity contribution in [3.8, 4) is 11.5 Å². The molecule has 2 aliphatic rings. The van der Waals surface area contributed by atoms with Crippen molar-refractivity contribution < 1.29 is 32.6 Å². The molecule has 3 aromatic carbocycles. The van der Waals surface area contributed by atoms with Crippen molar-refractivity contribution in [1.82, 2.24) is 16.0 Å². The molecule has 53 heavy (non-hydrogen) atoms. The minimum Gasteiger partial charge on any atom is -0.454 e. The van der Waals surface area contributed by atoms with Crippen LogP contribution in [0.2, 0.25) is 0 Å². The van der Waals surface area contributed by atoms with Crippen LogP contribution in [0.4, 0.5) is 0 Å². The number of nitrogens with one attached hydrogen (secondary N) is 3. The minimum atomic E-state index is -3.16. The van der Waals surface area contributed by atoms with E-state index in [-0.39, 0.29) is 36.9 Å². The third kappa shape index (κ3) is 17.6. The highest BCUT2D eigenvalue weighted by atomic mass is 32.2. The fourth-order valence-corrected chi connectivity index (χ4v) is 6.65. The van der Waals surface area contributed by atoms with E-state index in [1.54, 1.807) is 18.2 Å². The molecule has 1 aliphatic heterocycles. The van der Waals surface area contributed by atoms with Gasteiger partial charge in [0.25, 0.3) is 0 Å². The SMILES string of the molecule is CC(C)C.CCC(C)C.CC[C@@H](O)[C@H](Cc1ccccc1)NC(=O)CNC(=O)CNCc1ccccc1.O=S(=O)(c1ccc2c(c1)OCO2)C1CCC1. The maximum absolute atomic E-state index is 12.2. The number of ether oxygens (including phenoxy) is 2. The average Bonchev–Trinajstić information content (AvgIpc) is 3.59. The van der Waals surface area contributed by atoms with Gasteiger partial charge in [-0.05, 0) is 60.8 Å². The maximum atomic E-state index is 12.2. The first-order chi connectivity index (χ1) is 25.3. The van der Waals surface area contributed by atoms with E-state index >= 15 is 0 Å². The van der Waals surface area contributed by atoms with Crippen LogP contribution in [0.15, 0.2) is 83.8 Å². The molecule has 0 unspecified atom stereocenters. The molecule has 11 heteroatoms. The summed E-state index contributed by atoms with van der Waals surface area (Å²) >= 11 is 0. The second-order valence-corrected chi connectivity index (χ2v) is 16.6. The summed E-state index contributed by atoms with van der Waals surface area (Å²) < 4.78 is 34.6. The molecule has 1 fully saturated rings. The van der Waals surface area contributed by atoms with Crippen molar-refractivity contribution in [3.63, 3.8) is 0 Å². The summed E-state index contributed by atoms with van der Waals surface area (Å²) in [6.45, 7) is 15.8. The molecular weight excluding hydrogens is 691 g/mol. The molecule has 0 spiro atoms. The predicted octanol–water partition coefficient (Wildman–Crippen LogP) is 6.85. The van der Waals surface area contributed by atoms with Gasteiger partial charge >= 0.3 is 0 Å². The predicted molar refractivity (Wildman–Crippen MR) is 213 cm³/mol. The number of carbonyl (C=O) groups is 2. The van der Waals surface area contributed by atoms with Gasteiger partial charge in [0.1, 0.15) is 0 Å². The Morgan fingerprint density at radius 1 is 0.792 bits per heavy atom. The zero-order chi connectivity index (χ0) is 39.2. The number of sulfone groups is 1. The molecule has 10 nitrogen and oxygen atoms in total. The van der Waals surface area contributed by atoms with Gasteiger partial charge in [-0.2, -0.15) is 0 Å². The summed E-state index contributed by atoms with van der Waals surface area (Å²) in [6, 6.07) is 23.9. The quantitative estimate of drug-likeness (QED) is 0.140. The number of hydrogen-bond donors (Lipinski definition) is 4. The molecule has 3 aromatic rings. The summed E-state index contributed by atoms with van der Waals surface area (Å²) in [5, 5.41) is 18.5. The van der Waals surface area contributed by atoms with E-state index in [1.165, 1.54) is 6.42 Å². The number of amides is 2. The van der Waals surface area contributed by atoms with Crippen LogP contribution >= 0.6 is 0 Å². The van der Waals surface area contributed by atoms with Crippen molar-refractivity contribution >= 4 is 21.7 Å².